The number of hydrogen-bond acceptors (Lipinski definition) is 8. The predicted molar refractivity (Wildman–Crippen MR) is 159 cm³/mol. The molecular weight excluding hydrogens is 570 g/mol. The molecule has 11 nitrogen and oxygen atoms in total. The van der Waals surface area contributed by atoms with E-state index in [4.69, 9.17) is 16.6 Å². The average Bonchev–Trinajstić information content (AvgIpc) is 3.54. The van der Waals surface area contributed by atoms with Gasteiger partial charge in [0.05, 0.1) is 28.0 Å². The number of carbonyl (C=O) groups is 4. The van der Waals surface area contributed by atoms with Crippen molar-refractivity contribution >= 4 is 52.1 Å². The predicted octanol–water partition coefficient (Wildman–Crippen LogP) is 3.76. The van der Waals surface area contributed by atoms with E-state index in [0.717, 1.165) is 46.4 Å². The number of amides is 4. The van der Waals surface area contributed by atoms with Crippen LogP contribution in [0.3, 0.4) is 0 Å². The van der Waals surface area contributed by atoms with Crippen molar-refractivity contribution in [1.82, 2.24) is 30.1 Å². The minimum absolute atomic E-state index is 0.0551. The molecule has 4 amide bonds. The van der Waals surface area contributed by atoms with E-state index < -0.39 is 29.7 Å². The smallest absolute Gasteiger partial charge is 0.262 e. The molecule has 0 radical (unpaired) electrons. The van der Waals surface area contributed by atoms with Crippen molar-refractivity contribution in [1.29, 1.82) is 0 Å². The highest BCUT2D eigenvalue weighted by Crippen LogP contribution is 2.32. The number of carbonyl (C=O) groups excluding carboxylic acids is 4. The second kappa shape index (κ2) is 10.9. The standard InChI is InChI=1S/C31H28ClN7O4/c32-21-14-33-31(37-27(21)23-13-17-5-1-2-9-22(17)35-23)34-19-7-4-12-38(16-19)15-18-6-3-8-20-26(18)30(43)39(29(20)42)24-10-11-25(40)36-28(24)41/h1-3,5-6,8-9,13-14,19,24,35H,4,7,10-12,15-16H2,(H,33,34,37)(H,36,40,41). The minimum atomic E-state index is -0.991. The number of para-hydroxylation sites is 1. The summed E-state index contributed by atoms with van der Waals surface area (Å²) >= 11 is 6.48. The van der Waals surface area contributed by atoms with E-state index in [-0.39, 0.29) is 24.4 Å². The van der Waals surface area contributed by atoms with Crippen molar-refractivity contribution in [3.63, 3.8) is 0 Å². The summed E-state index contributed by atoms with van der Waals surface area (Å²) in [4.78, 5) is 66.6. The summed E-state index contributed by atoms with van der Waals surface area (Å²) in [6.07, 6.45) is 3.64. The van der Waals surface area contributed by atoms with Crippen LogP contribution in [0.15, 0.2) is 54.7 Å². The van der Waals surface area contributed by atoms with Crippen LogP contribution in [0, 0.1) is 0 Å². The number of fused-ring (bicyclic) bond motifs is 2. The number of anilines is 1. The molecule has 0 bridgehead atoms. The summed E-state index contributed by atoms with van der Waals surface area (Å²) in [6.45, 7) is 1.96. The van der Waals surface area contributed by atoms with Gasteiger partial charge in [0.15, 0.2) is 0 Å². The summed E-state index contributed by atoms with van der Waals surface area (Å²) in [5, 5.41) is 7.22. The lowest BCUT2D eigenvalue weighted by Crippen LogP contribution is -2.54. The second-order valence-corrected chi connectivity index (χ2v) is 11.6. The molecule has 218 valence electrons. The van der Waals surface area contributed by atoms with E-state index in [0.29, 0.717) is 35.3 Å². The first-order chi connectivity index (χ1) is 20.9. The molecule has 2 atom stereocenters. The molecular formula is C31H28ClN7O4. The van der Waals surface area contributed by atoms with Crippen LogP contribution in [0.4, 0.5) is 5.95 Å². The number of nitrogens with one attached hydrogen (secondary N) is 3. The lowest BCUT2D eigenvalue weighted by atomic mass is 10.00. The van der Waals surface area contributed by atoms with Crippen LogP contribution in [0.5, 0.6) is 0 Å². The lowest BCUT2D eigenvalue weighted by molar-refractivity contribution is -0.136. The van der Waals surface area contributed by atoms with Gasteiger partial charge in [-0.05, 0) is 49.6 Å². The molecule has 2 aromatic heterocycles. The Morgan fingerprint density at radius 3 is 2.72 bits per heavy atom. The molecule has 2 fully saturated rings. The first-order valence-electron chi connectivity index (χ1n) is 14.3. The van der Waals surface area contributed by atoms with Crippen molar-refractivity contribution in [2.45, 2.75) is 44.3 Å². The van der Waals surface area contributed by atoms with Crippen LogP contribution < -0.4 is 10.6 Å². The van der Waals surface area contributed by atoms with Gasteiger partial charge in [-0.15, -0.1) is 0 Å². The molecule has 12 heteroatoms. The number of likely N-dealkylation sites (tertiary alicyclic amines) is 1. The van der Waals surface area contributed by atoms with Gasteiger partial charge in [0.2, 0.25) is 17.8 Å². The largest absolute Gasteiger partial charge is 0.353 e. The number of benzene rings is 2. The fourth-order valence-corrected chi connectivity index (χ4v) is 6.48. The van der Waals surface area contributed by atoms with Gasteiger partial charge in [0.25, 0.3) is 11.8 Å². The van der Waals surface area contributed by atoms with E-state index >= 15 is 0 Å². The number of halogens is 1. The van der Waals surface area contributed by atoms with Gasteiger partial charge >= 0.3 is 0 Å². The first kappa shape index (κ1) is 27.2. The van der Waals surface area contributed by atoms with Crippen molar-refractivity contribution in [3.8, 4) is 11.4 Å². The fourth-order valence-electron chi connectivity index (χ4n) is 6.28. The van der Waals surface area contributed by atoms with Crippen molar-refractivity contribution in [3.05, 3.63) is 76.4 Å². The van der Waals surface area contributed by atoms with E-state index in [1.54, 1.807) is 18.3 Å². The highest BCUT2D eigenvalue weighted by Gasteiger charge is 2.45. The monoisotopic (exact) mass is 597 g/mol. The molecule has 0 spiro atoms. The quantitative estimate of drug-likeness (QED) is 0.285. The lowest BCUT2D eigenvalue weighted by Gasteiger charge is -2.33. The zero-order chi connectivity index (χ0) is 29.7. The number of nitrogens with zero attached hydrogens (tertiary/aromatic N) is 4. The minimum Gasteiger partial charge on any atom is -0.353 e. The third-order valence-corrected chi connectivity index (χ3v) is 8.59. The number of piperidine rings is 2. The Kier molecular flexibility index (Phi) is 6.91. The Morgan fingerprint density at radius 1 is 1.02 bits per heavy atom. The number of aromatic amines is 1. The molecule has 2 unspecified atom stereocenters. The summed E-state index contributed by atoms with van der Waals surface area (Å²) in [5.74, 6) is -1.53. The van der Waals surface area contributed by atoms with Crippen LogP contribution >= 0.6 is 11.6 Å². The normalized spacial score (nSPS) is 20.9. The maximum absolute atomic E-state index is 13.5. The summed E-state index contributed by atoms with van der Waals surface area (Å²) in [7, 11) is 0. The Labute approximate surface area is 251 Å². The van der Waals surface area contributed by atoms with Gasteiger partial charge in [-0.3, -0.25) is 34.3 Å². The van der Waals surface area contributed by atoms with Gasteiger partial charge in [0, 0.05) is 36.5 Å². The Hall–Kier alpha value is -4.61. The average molecular weight is 598 g/mol. The van der Waals surface area contributed by atoms with Gasteiger partial charge in [-0.25, -0.2) is 9.97 Å². The molecule has 4 aromatic rings. The van der Waals surface area contributed by atoms with E-state index in [1.165, 1.54) is 0 Å². The molecule has 0 saturated carbocycles. The number of imide groups is 2. The van der Waals surface area contributed by atoms with Gasteiger partial charge in [-0.1, -0.05) is 41.9 Å². The molecule has 3 aliphatic rings. The second-order valence-electron chi connectivity index (χ2n) is 11.2. The Balaban J connectivity index is 1.07. The maximum Gasteiger partial charge on any atom is 0.262 e. The zero-order valence-corrected chi connectivity index (χ0v) is 23.9. The van der Waals surface area contributed by atoms with Crippen LogP contribution in [-0.2, 0) is 16.1 Å². The van der Waals surface area contributed by atoms with Gasteiger partial charge in [0.1, 0.15) is 11.7 Å². The van der Waals surface area contributed by atoms with Crippen LogP contribution in [-0.4, -0.2) is 73.6 Å². The topological polar surface area (TPSA) is 140 Å². The maximum atomic E-state index is 13.5. The van der Waals surface area contributed by atoms with Gasteiger partial charge in [-0.2, -0.15) is 0 Å². The molecule has 2 saturated heterocycles. The SMILES string of the molecule is O=C1CCC(N2C(=O)c3cccc(CN4CCCC(Nc5ncc(Cl)c(-c6cc7ccccc7[nH]6)n5)C4)c3C2=O)C(=O)N1. The number of aromatic nitrogens is 3. The molecule has 2 aromatic carbocycles. The van der Waals surface area contributed by atoms with Crippen molar-refractivity contribution < 1.29 is 19.2 Å². The highest BCUT2D eigenvalue weighted by atomic mass is 35.5. The molecule has 43 heavy (non-hydrogen) atoms. The van der Waals surface area contributed by atoms with Crippen LogP contribution in [0.25, 0.3) is 22.3 Å². The van der Waals surface area contributed by atoms with E-state index in [1.807, 2.05) is 36.4 Å². The third-order valence-electron chi connectivity index (χ3n) is 8.32. The fraction of sp³-hybridized carbons (Fsp3) is 0.290. The Bertz CT molecular complexity index is 1770. The van der Waals surface area contributed by atoms with E-state index in [2.05, 4.69) is 25.5 Å². The first-order valence-corrected chi connectivity index (χ1v) is 14.7. The number of rotatable bonds is 6. The number of hydrogen-bond donors (Lipinski definition) is 3. The molecule has 3 N–H and O–H groups in total. The summed E-state index contributed by atoms with van der Waals surface area (Å²) in [6, 6.07) is 14.3. The Morgan fingerprint density at radius 2 is 1.88 bits per heavy atom. The zero-order valence-electron chi connectivity index (χ0n) is 23.1. The van der Waals surface area contributed by atoms with Crippen molar-refractivity contribution in [2.24, 2.45) is 0 Å². The summed E-state index contributed by atoms with van der Waals surface area (Å²) < 4.78 is 0. The molecule has 3 aliphatic heterocycles. The summed E-state index contributed by atoms with van der Waals surface area (Å²) in [5.41, 5.74) is 3.78. The van der Waals surface area contributed by atoms with Crippen molar-refractivity contribution in [2.75, 3.05) is 18.4 Å². The molecule has 5 heterocycles. The highest BCUT2D eigenvalue weighted by molar-refractivity contribution is 6.33. The van der Waals surface area contributed by atoms with Crippen LogP contribution in [0.1, 0.15) is 52.0 Å². The molecule has 0 aliphatic carbocycles. The number of H-pyrrole nitrogens is 1. The third kappa shape index (κ3) is 5.04. The molecule has 7 rings (SSSR count). The van der Waals surface area contributed by atoms with Gasteiger partial charge < -0.3 is 10.3 Å². The van der Waals surface area contributed by atoms with Crippen LogP contribution in [0.2, 0.25) is 5.02 Å². The van der Waals surface area contributed by atoms with E-state index in [9.17, 15) is 19.2 Å².